The molecule has 0 saturated heterocycles. The van der Waals surface area contributed by atoms with Crippen LogP contribution in [-0.2, 0) is 9.53 Å². The van der Waals surface area contributed by atoms with Gasteiger partial charge in [0.2, 0.25) is 5.75 Å². The summed E-state index contributed by atoms with van der Waals surface area (Å²) in [5.74, 6) is 1.50. The van der Waals surface area contributed by atoms with Gasteiger partial charge in [-0.1, -0.05) is 27.7 Å². The molecule has 0 unspecified atom stereocenters. The second kappa shape index (κ2) is 13.1. The fraction of sp³-hybridized carbons (Fsp3) is 0.571. The van der Waals surface area contributed by atoms with E-state index in [-0.39, 0.29) is 5.97 Å². The maximum atomic E-state index is 11.8. The standard InChI is InChI=1S/C21H32O5/c1-5-13-23-18-11-9-17(10-12-19(22)24-14-6-2)20(25-15-7-3)21(18)26-16-8-4/h9-12H,5-8,13-16H2,1-4H3. The SMILES string of the molecule is CCCOC(=O)C=Cc1ccc(OCCC)c(OCCC)c1OCCC. The van der Waals surface area contributed by atoms with Crippen LogP contribution in [0.5, 0.6) is 17.2 Å². The minimum atomic E-state index is -0.365. The molecule has 0 N–H and O–H groups in total. The van der Waals surface area contributed by atoms with Crippen LogP contribution in [0.4, 0.5) is 0 Å². The van der Waals surface area contributed by atoms with Crippen LogP contribution in [0.1, 0.15) is 58.9 Å². The van der Waals surface area contributed by atoms with Gasteiger partial charge in [-0.3, -0.25) is 0 Å². The van der Waals surface area contributed by atoms with E-state index in [2.05, 4.69) is 6.92 Å². The van der Waals surface area contributed by atoms with Gasteiger partial charge in [0.1, 0.15) is 0 Å². The smallest absolute Gasteiger partial charge is 0.330 e. The van der Waals surface area contributed by atoms with Crippen molar-refractivity contribution in [1.29, 1.82) is 0 Å². The predicted molar refractivity (Wildman–Crippen MR) is 104 cm³/mol. The van der Waals surface area contributed by atoms with E-state index >= 15 is 0 Å². The van der Waals surface area contributed by atoms with Crippen LogP contribution >= 0.6 is 0 Å². The summed E-state index contributed by atoms with van der Waals surface area (Å²) in [5, 5.41) is 0. The number of hydrogen-bond donors (Lipinski definition) is 0. The molecule has 1 aromatic carbocycles. The van der Waals surface area contributed by atoms with E-state index in [0.717, 1.165) is 31.2 Å². The fourth-order valence-corrected chi connectivity index (χ4v) is 2.12. The summed E-state index contributed by atoms with van der Waals surface area (Å²) in [6.45, 7) is 10.2. The third-order valence-electron chi connectivity index (χ3n) is 3.32. The first kappa shape index (κ1) is 21.9. The molecule has 26 heavy (non-hydrogen) atoms. The quantitative estimate of drug-likeness (QED) is 0.363. The number of benzene rings is 1. The van der Waals surface area contributed by atoms with Crippen molar-refractivity contribution in [2.75, 3.05) is 26.4 Å². The van der Waals surface area contributed by atoms with Crippen LogP contribution in [0, 0.1) is 0 Å². The van der Waals surface area contributed by atoms with Gasteiger partial charge in [-0.15, -0.1) is 0 Å². The lowest BCUT2D eigenvalue weighted by Crippen LogP contribution is -2.06. The number of rotatable bonds is 13. The van der Waals surface area contributed by atoms with E-state index in [1.54, 1.807) is 6.08 Å². The Bertz CT molecular complexity index is 566. The maximum absolute atomic E-state index is 11.8. The maximum Gasteiger partial charge on any atom is 0.330 e. The molecular weight excluding hydrogens is 332 g/mol. The van der Waals surface area contributed by atoms with Gasteiger partial charge in [0.15, 0.2) is 11.5 Å². The average Bonchev–Trinajstić information content (AvgIpc) is 2.66. The highest BCUT2D eigenvalue weighted by Gasteiger charge is 2.17. The number of carbonyl (C=O) groups is 1. The van der Waals surface area contributed by atoms with Crippen LogP contribution < -0.4 is 14.2 Å². The molecule has 146 valence electrons. The molecule has 1 rings (SSSR count). The number of hydrogen-bond acceptors (Lipinski definition) is 5. The van der Waals surface area contributed by atoms with Crippen molar-refractivity contribution >= 4 is 12.0 Å². The molecule has 0 aromatic heterocycles. The molecule has 1 aromatic rings. The molecule has 0 aliphatic rings. The first-order chi connectivity index (χ1) is 12.7. The lowest BCUT2D eigenvalue weighted by molar-refractivity contribution is -0.137. The van der Waals surface area contributed by atoms with Crippen molar-refractivity contribution in [1.82, 2.24) is 0 Å². The highest BCUT2D eigenvalue weighted by Crippen LogP contribution is 2.41. The Morgan fingerprint density at radius 1 is 0.808 bits per heavy atom. The van der Waals surface area contributed by atoms with Gasteiger partial charge in [-0.25, -0.2) is 4.79 Å². The number of esters is 1. The molecule has 0 radical (unpaired) electrons. The summed E-state index contributed by atoms with van der Waals surface area (Å²) in [5.41, 5.74) is 0.766. The van der Waals surface area contributed by atoms with Crippen molar-refractivity contribution in [3.05, 3.63) is 23.8 Å². The molecule has 0 heterocycles. The summed E-state index contributed by atoms with van der Waals surface area (Å²) >= 11 is 0. The van der Waals surface area contributed by atoms with Gasteiger partial charge in [-0.05, 0) is 43.9 Å². The fourth-order valence-electron chi connectivity index (χ4n) is 2.12. The summed E-state index contributed by atoms with van der Waals surface area (Å²) in [6.07, 6.45) is 6.57. The molecule has 0 amide bonds. The molecule has 0 spiro atoms. The second-order valence-electron chi connectivity index (χ2n) is 5.86. The third-order valence-corrected chi connectivity index (χ3v) is 3.32. The van der Waals surface area contributed by atoms with Crippen LogP contribution in [0.15, 0.2) is 18.2 Å². The summed E-state index contributed by atoms with van der Waals surface area (Å²) in [7, 11) is 0. The Kier molecular flexibility index (Phi) is 11.0. The highest BCUT2D eigenvalue weighted by molar-refractivity contribution is 5.88. The van der Waals surface area contributed by atoms with Crippen molar-refractivity contribution in [3.63, 3.8) is 0 Å². The second-order valence-corrected chi connectivity index (χ2v) is 5.86. The molecule has 0 atom stereocenters. The minimum absolute atomic E-state index is 0.365. The monoisotopic (exact) mass is 364 g/mol. The van der Waals surface area contributed by atoms with Crippen molar-refractivity contribution in [2.45, 2.75) is 53.4 Å². The Labute approximate surface area is 157 Å². The van der Waals surface area contributed by atoms with E-state index in [0.29, 0.717) is 43.7 Å². The van der Waals surface area contributed by atoms with Gasteiger partial charge in [0.05, 0.1) is 26.4 Å². The third kappa shape index (κ3) is 7.38. The first-order valence-electron chi connectivity index (χ1n) is 9.58. The molecule has 0 aliphatic carbocycles. The van der Waals surface area contributed by atoms with E-state index in [1.807, 2.05) is 32.9 Å². The Morgan fingerprint density at radius 2 is 1.38 bits per heavy atom. The number of ether oxygens (including phenoxy) is 4. The zero-order chi connectivity index (χ0) is 19.2. The lowest BCUT2D eigenvalue weighted by atomic mass is 10.1. The molecule has 0 aliphatic heterocycles. The Balaban J connectivity index is 3.17. The largest absolute Gasteiger partial charge is 0.490 e. The van der Waals surface area contributed by atoms with Gasteiger partial charge < -0.3 is 18.9 Å². The first-order valence-corrected chi connectivity index (χ1v) is 9.58. The number of carbonyl (C=O) groups excluding carboxylic acids is 1. The van der Waals surface area contributed by atoms with Crippen molar-refractivity contribution in [3.8, 4) is 17.2 Å². The molecular formula is C21H32O5. The minimum Gasteiger partial charge on any atom is -0.490 e. The summed E-state index contributed by atoms with van der Waals surface area (Å²) in [4.78, 5) is 11.8. The van der Waals surface area contributed by atoms with Crippen LogP contribution in [0.25, 0.3) is 6.08 Å². The summed E-state index contributed by atoms with van der Waals surface area (Å²) in [6, 6.07) is 3.73. The molecule has 0 saturated carbocycles. The zero-order valence-corrected chi connectivity index (χ0v) is 16.5. The molecule has 5 heteroatoms. The predicted octanol–water partition coefficient (Wildman–Crippen LogP) is 5.02. The van der Waals surface area contributed by atoms with Gasteiger partial charge >= 0.3 is 5.97 Å². The van der Waals surface area contributed by atoms with Crippen molar-refractivity contribution in [2.24, 2.45) is 0 Å². The van der Waals surface area contributed by atoms with Gasteiger partial charge in [-0.2, -0.15) is 0 Å². The zero-order valence-electron chi connectivity index (χ0n) is 16.5. The van der Waals surface area contributed by atoms with Gasteiger partial charge in [0.25, 0.3) is 0 Å². The summed E-state index contributed by atoms with van der Waals surface area (Å²) < 4.78 is 22.8. The lowest BCUT2D eigenvalue weighted by Gasteiger charge is -2.18. The van der Waals surface area contributed by atoms with Crippen LogP contribution in [0.3, 0.4) is 0 Å². The Hall–Kier alpha value is -2.17. The topological polar surface area (TPSA) is 54.0 Å². The van der Waals surface area contributed by atoms with E-state index in [1.165, 1.54) is 6.08 Å². The van der Waals surface area contributed by atoms with Crippen molar-refractivity contribution < 1.29 is 23.7 Å². The highest BCUT2D eigenvalue weighted by atomic mass is 16.5. The van der Waals surface area contributed by atoms with E-state index in [4.69, 9.17) is 18.9 Å². The van der Waals surface area contributed by atoms with Gasteiger partial charge in [0, 0.05) is 11.6 Å². The Morgan fingerprint density at radius 3 is 2.00 bits per heavy atom. The normalized spacial score (nSPS) is 10.8. The van der Waals surface area contributed by atoms with E-state index < -0.39 is 0 Å². The molecule has 0 fully saturated rings. The average molecular weight is 364 g/mol. The van der Waals surface area contributed by atoms with Crippen LogP contribution in [-0.4, -0.2) is 32.4 Å². The van der Waals surface area contributed by atoms with Crippen LogP contribution in [0.2, 0.25) is 0 Å². The van der Waals surface area contributed by atoms with E-state index in [9.17, 15) is 4.79 Å². The molecule has 0 bridgehead atoms. The molecule has 5 nitrogen and oxygen atoms in total.